The van der Waals surface area contributed by atoms with Crippen LogP contribution in [0.2, 0.25) is 20.1 Å². The van der Waals surface area contributed by atoms with Crippen molar-refractivity contribution in [1.82, 2.24) is 0 Å². The van der Waals surface area contributed by atoms with Crippen LogP contribution in [-0.2, 0) is 21.6 Å². The van der Waals surface area contributed by atoms with Gasteiger partial charge in [0.1, 0.15) is 22.3 Å². The van der Waals surface area contributed by atoms with Crippen molar-refractivity contribution in [1.29, 1.82) is 0 Å². The van der Waals surface area contributed by atoms with Gasteiger partial charge in [0, 0.05) is 174 Å². The maximum Gasteiger partial charge on any atom is 0.489 e. The maximum absolute atomic E-state index is 11.9. The number of para-hydroxylation sites is 4. The highest BCUT2D eigenvalue weighted by molar-refractivity contribution is 9.11. The van der Waals surface area contributed by atoms with Crippen LogP contribution in [0.3, 0.4) is 0 Å². The Kier molecular flexibility index (Phi) is 27.5. The van der Waals surface area contributed by atoms with Crippen molar-refractivity contribution >= 4 is 291 Å². The van der Waals surface area contributed by atoms with E-state index in [0.29, 0.717) is 10.4 Å². The molecule has 0 aliphatic rings. The van der Waals surface area contributed by atoms with Crippen LogP contribution in [0, 0.1) is 0 Å². The molecule has 0 spiro atoms. The predicted molar refractivity (Wildman–Crippen MR) is 542 cm³/mol. The molecule has 608 valence electrons. The summed E-state index contributed by atoms with van der Waals surface area (Å²) in [4.78, 5) is 3.63. The fraction of sp³-hybridized carbons (Fsp3) is 0.0385. The highest BCUT2D eigenvalue weighted by Gasteiger charge is 2.21. The molecule has 18 aromatic carbocycles. The molecule has 0 aliphatic heterocycles. The Morgan fingerprint density at radius 2 is 0.740 bits per heavy atom. The molecule has 2 unspecified atom stereocenters. The number of benzene rings is 18. The Labute approximate surface area is 762 Å². The SMILES string of the molecule is C.C.CS(=O)c1ccccc1-c1ccc(Cl)c2ccccc12.CS(=O)c1ccccc1B(O)O.Clc1cc2sc3ccc(Br)cc3c2c2ccccc12.Clc1cc2sc3ccc(N(c4ccccc4)c4ccc5oc6ccccc6c5c4)cc3c2c2ccccc12.Clc1ccc(Br)c2ccccc12.c1ccc(Nc2ccc3oc4ccccc4c3c2)cc1. The van der Waals surface area contributed by atoms with Gasteiger partial charge in [-0.1, -0.05) is 305 Å². The second kappa shape index (κ2) is 38.9. The smallest absolute Gasteiger partial charge is 0.456 e. The van der Waals surface area contributed by atoms with Crippen molar-refractivity contribution in [3.05, 3.63) is 393 Å². The molecule has 3 N–H and O–H groups in total. The molecule has 4 aromatic heterocycles. The fourth-order valence-electron chi connectivity index (χ4n) is 15.3. The summed E-state index contributed by atoms with van der Waals surface area (Å²) >= 11 is 36.0. The third kappa shape index (κ3) is 18.5. The molecule has 22 aromatic rings. The molecule has 0 saturated carbocycles. The summed E-state index contributed by atoms with van der Waals surface area (Å²) in [6.45, 7) is 0. The molecule has 2 atom stereocenters. The van der Waals surface area contributed by atoms with Gasteiger partial charge in [0.2, 0.25) is 0 Å². The van der Waals surface area contributed by atoms with Crippen molar-refractivity contribution in [3.63, 3.8) is 0 Å². The number of rotatable bonds is 9. The van der Waals surface area contributed by atoms with Crippen LogP contribution < -0.4 is 15.7 Å². The third-order valence-corrected chi connectivity index (χ3v) is 27.5. The van der Waals surface area contributed by atoms with E-state index in [1.54, 1.807) is 53.2 Å². The summed E-state index contributed by atoms with van der Waals surface area (Å²) in [6, 6.07) is 122. The van der Waals surface area contributed by atoms with Crippen LogP contribution in [-0.4, -0.2) is 38.1 Å². The summed E-state index contributed by atoms with van der Waals surface area (Å²) < 4.78 is 42.1. The normalized spacial score (nSPS) is 11.5. The van der Waals surface area contributed by atoms with Gasteiger partial charge in [0.05, 0.1) is 10.8 Å². The first kappa shape index (κ1) is 87.0. The summed E-state index contributed by atoms with van der Waals surface area (Å²) in [5.41, 5.74) is 11.5. The first-order valence-electron chi connectivity index (χ1n) is 38.4. The number of anilines is 5. The number of hydrogen-bond donors (Lipinski definition) is 3. The van der Waals surface area contributed by atoms with Gasteiger partial charge in [0.15, 0.2) is 0 Å². The molecule has 19 heteroatoms. The van der Waals surface area contributed by atoms with Crippen LogP contribution in [0.25, 0.3) is 138 Å². The second-order valence-corrected chi connectivity index (χ2v) is 36.6. The number of nitrogens with one attached hydrogen (secondary N) is 1. The average molecular weight is 1890 g/mol. The molecule has 0 amide bonds. The second-order valence-electron chi connectivity index (χ2n) is 28.4. The van der Waals surface area contributed by atoms with Crippen LogP contribution in [0.15, 0.2) is 392 Å². The van der Waals surface area contributed by atoms with E-state index in [2.05, 4.69) is 212 Å². The molecule has 0 fully saturated rings. The first-order valence-corrected chi connectivity index (χ1v) is 46.3. The van der Waals surface area contributed by atoms with E-state index in [0.717, 1.165) is 150 Å². The number of halogens is 6. The highest BCUT2D eigenvalue weighted by atomic mass is 79.9. The zero-order chi connectivity index (χ0) is 83.4. The minimum Gasteiger partial charge on any atom is -0.456 e. The lowest BCUT2D eigenvalue weighted by Gasteiger charge is -2.25. The molecular weight excluding hydrogens is 1810 g/mol. The fourth-order valence-corrected chi connectivity index (χ4v) is 21.1. The highest BCUT2D eigenvalue weighted by Crippen LogP contribution is 2.47. The van der Waals surface area contributed by atoms with Crippen molar-refractivity contribution in [2.24, 2.45) is 0 Å². The minimum atomic E-state index is -1.55. The number of fused-ring (bicyclic) bond motifs is 18. The standard InChI is InChI=1S/C34H20ClNOS.C18H13NO.C17H13ClOS.C16H8BrClS.C10H6BrCl.C7H9BO3S.2CH4/c35-29-20-33-34(26-12-5-4-10-24(26)29)28-19-23(15-17-32(28)38-33)36(21-8-2-1-3-9-21)22-14-16-31-27(18-22)25-11-6-7-13-30(25)37-31;1-2-6-13(7-3-1)19-14-10-11-18-16(12-14)15-8-4-5-9-17(15)20-18;1-20(19)17-9-5-4-8-15(17)13-10-11-16(18)14-7-3-2-6-12(13)14;17-9-5-6-14-12(7-9)16-11-4-2-1-3-10(11)13(18)8-15(16)19-14;11-9-5-6-10(12)8-4-2-1-3-7(8)9;1-12(11)7-5-3-2-4-6(7)8(9)10;;/h1-20H;1-12,19H;2-11H,1H3;1-8H;1-6H;2-5,9-10H,1H3;2*1H4. The van der Waals surface area contributed by atoms with E-state index in [-0.39, 0.29) is 14.9 Å². The molecule has 22 rings (SSSR count). The van der Waals surface area contributed by atoms with Gasteiger partial charge in [0.25, 0.3) is 0 Å². The molecule has 0 bridgehead atoms. The quantitative estimate of drug-likeness (QED) is 0.122. The van der Waals surface area contributed by atoms with Gasteiger partial charge in [-0.15, -0.1) is 22.7 Å². The molecule has 123 heavy (non-hydrogen) atoms. The minimum absolute atomic E-state index is 0. The van der Waals surface area contributed by atoms with E-state index < -0.39 is 28.7 Å². The van der Waals surface area contributed by atoms with Gasteiger partial charge in [-0.2, -0.15) is 0 Å². The van der Waals surface area contributed by atoms with Crippen molar-refractivity contribution in [2.75, 3.05) is 22.7 Å². The Balaban J connectivity index is 0.000000120. The van der Waals surface area contributed by atoms with Crippen molar-refractivity contribution in [2.45, 2.75) is 24.6 Å². The topological polar surface area (TPSA) is 116 Å². The zero-order valence-electron chi connectivity index (χ0n) is 64.6. The molecule has 0 radical (unpaired) electrons. The monoisotopic (exact) mass is 1890 g/mol. The number of thiophene rings is 2. The molecule has 0 aliphatic carbocycles. The molecule has 4 heterocycles. The van der Waals surface area contributed by atoms with Crippen LogP contribution >= 0.6 is 101 Å². The molecule has 8 nitrogen and oxygen atoms in total. The Hall–Kier alpha value is -11.0. The van der Waals surface area contributed by atoms with Crippen molar-refractivity contribution in [3.8, 4) is 11.1 Å². The number of hydrogen-bond acceptors (Lipinski definition) is 10. The van der Waals surface area contributed by atoms with E-state index in [1.807, 2.05) is 170 Å². The van der Waals surface area contributed by atoms with Gasteiger partial charge >= 0.3 is 7.12 Å². The van der Waals surface area contributed by atoms with Gasteiger partial charge in [-0.25, -0.2) is 0 Å². The van der Waals surface area contributed by atoms with Crippen LogP contribution in [0.1, 0.15) is 14.9 Å². The lowest BCUT2D eigenvalue weighted by Crippen LogP contribution is -2.32. The Bertz CT molecular complexity index is 7660. The molecule has 0 saturated heterocycles. The van der Waals surface area contributed by atoms with E-state index in [9.17, 15) is 8.42 Å². The van der Waals surface area contributed by atoms with Gasteiger partial charge in [-0.05, 0) is 190 Å². The van der Waals surface area contributed by atoms with E-state index >= 15 is 0 Å². The summed E-state index contributed by atoms with van der Waals surface area (Å²) in [7, 11) is -3.75. The number of furan rings is 2. The predicted octanol–water partition coefficient (Wildman–Crippen LogP) is 32.7. The van der Waals surface area contributed by atoms with E-state index in [1.165, 1.54) is 57.4 Å². The lowest BCUT2D eigenvalue weighted by molar-refractivity contribution is 0.424. The number of nitrogens with zero attached hydrogens (tertiary/aromatic N) is 1. The average Bonchev–Trinajstić information content (AvgIpc) is 1.60. The molecular formula is C104H77BBr2Cl4N2O6S4. The Morgan fingerprint density at radius 1 is 0.325 bits per heavy atom. The van der Waals surface area contributed by atoms with Crippen molar-refractivity contribution < 1.29 is 27.3 Å². The van der Waals surface area contributed by atoms with Gasteiger partial charge < -0.3 is 29.1 Å². The maximum atomic E-state index is 11.9. The van der Waals surface area contributed by atoms with E-state index in [4.69, 9.17) is 65.3 Å². The van der Waals surface area contributed by atoms with Crippen LogP contribution in [0.4, 0.5) is 28.4 Å². The lowest BCUT2D eigenvalue weighted by atomic mass is 9.80. The summed E-state index contributed by atoms with van der Waals surface area (Å²) in [5, 5.41) is 42.9. The third-order valence-electron chi connectivity index (χ3n) is 20.8. The zero-order valence-corrected chi connectivity index (χ0v) is 74.1. The van der Waals surface area contributed by atoms with Gasteiger partial charge in [-0.3, -0.25) is 8.42 Å². The summed E-state index contributed by atoms with van der Waals surface area (Å²) in [5.74, 6) is 0. The van der Waals surface area contributed by atoms with Crippen LogP contribution in [0.5, 0.6) is 0 Å². The largest absolute Gasteiger partial charge is 0.489 e. The Morgan fingerprint density at radius 3 is 1.29 bits per heavy atom. The first-order chi connectivity index (χ1) is 59.0. The summed E-state index contributed by atoms with van der Waals surface area (Å²) in [6.07, 6.45) is 3.21.